The lowest BCUT2D eigenvalue weighted by atomic mass is 10.3. The van der Waals surface area contributed by atoms with E-state index >= 15 is 0 Å². The highest BCUT2D eigenvalue weighted by Crippen LogP contribution is 2.12. The highest BCUT2D eigenvalue weighted by Gasteiger charge is 2.12. The smallest absolute Gasteiger partial charge is 0.419 e. The number of rotatable bonds is 9. The number of ether oxygens (including phenoxy) is 2. The zero-order valence-corrected chi connectivity index (χ0v) is 15.1. The molecule has 8 heteroatoms. The van der Waals surface area contributed by atoms with E-state index in [0.29, 0.717) is 30.0 Å². The molecule has 28 heavy (non-hydrogen) atoms. The SMILES string of the molecule is O=C(COC(=O)CCn1c(=O)oc2ccccc21)NCCOc1ccccc1. The van der Waals surface area contributed by atoms with E-state index in [2.05, 4.69) is 5.32 Å². The van der Waals surface area contributed by atoms with Gasteiger partial charge in [0.15, 0.2) is 12.2 Å². The summed E-state index contributed by atoms with van der Waals surface area (Å²) >= 11 is 0. The first-order valence-electron chi connectivity index (χ1n) is 8.82. The Kier molecular flexibility index (Phi) is 6.46. The molecule has 0 aliphatic heterocycles. The lowest BCUT2D eigenvalue weighted by Gasteiger charge is -2.08. The van der Waals surface area contributed by atoms with E-state index in [4.69, 9.17) is 13.9 Å². The Morgan fingerprint density at radius 1 is 1.04 bits per heavy atom. The molecule has 0 spiro atoms. The minimum absolute atomic E-state index is 0.0478. The van der Waals surface area contributed by atoms with Crippen LogP contribution in [-0.2, 0) is 20.9 Å². The van der Waals surface area contributed by atoms with Crippen LogP contribution in [0.15, 0.2) is 63.8 Å². The fourth-order valence-corrected chi connectivity index (χ4v) is 2.57. The molecular formula is C20H20N2O6. The Labute approximate surface area is 160 Å². The molecule has 146 valence electrons. The number of hydrogen-bond donors (Lipinski definition) is 1. The third-order valence-corrected chi connectivity index (χ3v) is 3.91. The van der Waals surface area contributed by atoms with Gasteiger partial charge in [0.2, 0.25) is 0 Å². The molecule has 2 aromatic carbocycles. The highest BCUT2D eigenvalue weighted by molar-refractivity contribution is 5.80. The number of nitrogens with one attached hydrogen (secondary N) is 1. The van der Waals surface area contributed by atoms with E-state index in [0.717, 1.165) is 0 Å². The van der Waals surface area contributed by atoms with Crippen molar-refractivity contribution in [1.82, 2.24) is 9.88 Å². The maximum absolute atomic E-state index is 11.8. The Bertz CT molecular complexity index is 993. The van der Waals surface area contributed by atoms with Crippen molar-refractivity contribution in [3.63, 3.8) is 0 Å². The predicted molar refractivity (Wildman–Crippen MR) is 101 cm³/mol. The zero-order chi connectivity index (χ0) is 19.8. The average molecular weight is 384 g/mol. The van der Waals surface area contributed by atoms with Gasteiger partial charge < -0.3 is 19.2 Å². The van der Waals surface area contributed by atoms with E-state index in [1.807, 2.05) is 30.3 Å². The summed E-state index contributed by atoms with van der Waals surface area (Å²) in [6.07, 6.45) is -0.0478. The molecule has 8 nitrogen and oxygen atoms in total. The molecule has 1 aromatic heterocycles. The van der Waals surface area contributed by atoms with Crippen LogP contribution in [0.5, 0.6) is 5.75 Å². The zero-order valence-electron chi connectivity index (χ0n) is 15.1. The van der Waals surface area contributed by atoms with Crippen molar-refractivity contribution < 1.29 is 23.5 Å². The minimum Gasteiger partial charge on any atom is -0.492 e. The van der Waals surface area contributed by atoms with Crippen molar-refractivity contribution in [2.45, 2.75) is 13.0 Å². The second-order valence-corrected chi connectivity index (χ2v) is 5.91. The third kappa shape index (κ3) is 5.23. The molecule has 0 saturated heterocycles. The van der Waals surface area contributed by atoms with Gasteiger partial charge in [-0.05, 0) is 24.3 Å². The molecule has 0 atom stereocenters. The highest BCUT2D eigenvalue weighted by atomic mass is 16.5. The van der Waals surface area contributed by atoms with E-state index in [9.17, 15) is 14.4 Å². The summed E-state index contributed by atoms with van der Waals surface area (Å²) in [5.41, 5.74) is 1.06. The predicted octanol–water partition coefficient (Wildman–Crippen LogP) is 1.72. The summed E-state index contributed by atoms with van der Waals surface area (Å²) in [5.74, 6) is -0.820. The normalized spacial score (nSPS) is 10.6. The van der Waals surface area contributed by atoms with Crippen molar-refractivity contribution >= 4 is 23.0 Å². The van der Waals surface area contributed by atoms with Crippen LogP contribution in [0.3, 0.4) is 0 Å². The van der Waals surface area contributed by atoms with Crippen molar-refractivity contribution in [3.8, 4) is 5.75 Å². The lowest BCUT2D eigenvalue weighted by Crippen LogP contribution is -2.32. The van der Waals surface area contributed by atoms with E-state index in [1.54, 1.807) is 24.3 Å². The van der Waals surface area contributed by atoms with Crippen LogP contribution < -0.4 is 15.8 Å². The standard InChI is InChI=1S/C20H20N2O6/c23-18(21-11-13-26-15-6-2-1-3-7-15)14-27-19(24)10-12-22-16-8-4-5-9-17(16)28-20(22)25/h1-9H,10-14H2,(H,21,23). The van der Waals surface area contributed by atoms with Crippen molar-refractivity contribution in [1.29, 1.82) is 0 Å². The van der Waals surface area contributed by atoms with Gasteiger partial charge in [-0.25, -0.2) is 4.79 Å². The van der Waals surface area contributed by atoms with Crippen LogP contribution >= 0.6 is 0 Å². The number of aryl methyl sites for hydroxylation is 1. The van der Waals surface area contributed by atoms with Crippen LogP contribution in [0.2, 0.25) is 0 Å². The second-order valence-electron chi connectivity index (χ2n) is 5.91. The Hall–Kier alpha value is -3.55. The number of hydrogen-bond acceptors (Lipinski definition) is 6. The maximum Gasteiger partial charge on any atom is 0.419 e. The van der Waals surface area contributed by atoms with Crippen molar-refractivity contribution in [2.24, 2.45) is 0 Å². The number of amides is 1. The Morgan fingerprint density at radius 3 is 2.61 bits per heavy atom. The van der Waals surface area contributed by atoms with Crippen molar-refractivity contribution in [2.75, 3.05) is 19.8 Å². The number of carbonyl (C=O) groups is 2. The number of esters is 1. The van der Waals surface area contributed by atoms with Crippen LogP contribution in [0, 0.1) is 0 Å². The average Bonchev–Trinajstić information content (AvgIpc) is 3.04. The van der Waals surface area contributed by atoms with Gasteiger partial charge in [-0.3, -0.25) is 14.2 Å². The van der Waals surface area contributed by atoms with E-state index in [-0.39, 0.29) is 19.6 Å². The number of para-hydroxylation sites is 3. The molecule has 1 heterocycles. The fourth-order valence-electron chi connectivity index (χ4n) is 2.57. The van der Waals surface area contributed by atoms with Crippen molar-refractivity contribution in [3.05, 3.63) is 65.1 Å². The largest absolute Gasteiger partial charge is 0.492 e. The van der Waals surface area contributed by atoms with Gasteiger partial charge in [0.05, 0.1) is 18.5 Å². The molecule has 1 amide bonds. The third-order valence-electron chi connectivity index (χ3n) is 3.91. The molecule has 0 aliphatic carbocycles. The summed E-state index contributed by atoms with van der Waals surface area (Å²) in [4.78, 5) is 35.4. The van der Waals surface area contributed by atoms with Gasteiger partial charge in [-0.1, -0.05) is 30.3 Å². The topological polar surface area (TPSA) is 99.8 Å². The molecule has 0 radical (unpaired) electrons. The van der Waals surface area contributed by atoms with Gasteiger partial charge in [0.25, 0.3) is 5.91 Å². The summed E-state index contributed by atoms with van der Waals surface area (Å²) in [7, 11) is 0. The lowest BCUT2D eigenvalue weighted by molar-refractivity contribution is -0.148. The van der Waals surface area contributed by atoms with Crippen LogP contribution in [-0.4, -0.2) is 36.2 Å². The first kappa shape index (κ1) is 19.2. The van der Waals surface area contributed by atoms with E-state index < -0.39 is 17.6 Å². The molecule has 0 saturated carbocycles. The monoisotopic (exact) mass is 384 g/mol. The molecular weight excluding hydrogens is 364 g/mol. The second kappa shape index (κ2) is 9.40. The number of nitrogens with zero attached hydrogens (tertiary/aromatic N) is 1. The molecule has 0 unspecified atom stereocenters. The minimum atomic E-state index is -0.576. The first-order chi connectivity index (χ1) is 13.6. The number of aromatic nitrogens is 1. The number of oxazole rings is 1. The molecule has 3 aromatic rings. The summed E-state index contributed by atoms with van der Waals surface area (Å²) in [6.45, 7) is 0.328. The molecule has 0 bridgehead atoms. The molecule has 0 fully saturated rings. The first-order valence-corrected chi connectivity index (χ1v) is 8.82. The van der Waals surface area contributed by atoms with Gasteiger partial charge in [-0.2, -0.15) is 0 Å². The molecule has 1 N–H and O–H groups in total. The number of carbonyl (C=O) groups excluding carboxylic acids is 2. The summed E-state index contributed by atoms with van der Waals surface area (Å²) < 4.78 is 16.8. The maximum atomic E-state index is 11.8. The fraction of sp³-hybridized carbons (Fsp3) is 0.250. The molecule has 3 rings (SSSR count). The Balaban J connectivity index is 1.35. The number of benzene rings is 2. The van der Waals surface area contributed by atoms with Crippen LogP contribution in [0.4, 0.5) is 0 Å². The summed E-state index contributed by atoms with van der Waals surface area (Å²) in [6, 6.07) is 16.2. The van der Waals surface area contributed by atoms with Gasteiger partial charge in [-0.15, -0.1) is 0 Å². The van der Waals surface area contributed by atoms with Gasteiger partial charge in [0, 0.05) is 6.54 Å². The van der Waals surface area contributed by atoms with Gasteiger partial charge in [0.1, 0.15) is 12.4 Å². The number of fused-ring (bicyclic) bond motifs is 1. The summed E-state index contributed by atoms with van der Waals surface area (Å²) in [5, 5.41) is 2.60. The molecule has 0 aliphatic rings. The van der Waals surface area contributed by atoms with Gasteiger partial charge >= 0.3 is 11.7 Å². The van der Waals surface area contributed by atoms with E-state index in [1.165, 1.54) is 4.57 Å². The Morgan fingerprint density at radius 2 is 1.79 bits per heavy atom. The van der Waals surface area contributed by atoms with Crippen LogP contribution in [0.1, 0.15) is 6.42 Å². The van der Waals surface area contributed by atoms with Crippen LogP contribution in [0.25, 0.3) is 11.1 Å². The quantitative estimate of drug-likeness (QED) is 0.445.